The van der Waals surface area contributed by atoms with Crippen LogP contribution in [0, 0.1) is 0 Å². The lowest BCUT2D eigenvalue weighted by Crippen LogP contribution is -2.22. The third-order valence-electron chi connectivity index (χ3n) is 2.95. The highest BCUT2D eigenvalue weighted by Crippen LogP contribution is 2.39. The fraction of sp³-hybridized carbons (Fsp3) is 0.455. The van der Waals surface area contributed by atoms with Crippen LogP contribution in [-0.4, -0.2) is 6.04 Å². The predicted octanol–water partition coefficient (Wildman–Crippen LogP) is 3.81. The van der Waals surface area contributed by atoms with Gasteiger partial charge in [0.25, 0.3) is 0 Å². The molecule has 2 atom stereocenters. The molecular weight excluding hydrogens is 306 g/mol. The van der Waals surface area contributed by atoms with Gasteiger partial charge in [-0.25, -0.2) is 0 Å². The average molecular weight is 319 g/mol. The van der Waals surface area contributed by atoms with E-state index in [4.69, 9.17) is 5.73 Å². The van der Waals surface area contributed by atoms with Crippen LogP contribution in [0.15, 0.2) is 27.1 Å². The lowest BCUT2D eigenvalue weighted by Gasteiger charge is -2.17. The van der Waals surface area contributed by atoms with Gasteiger partial charge in [-0.1, -0.05) is 18.6 Å². The van der Waals surface area contributed by atoms with Crippen molar-refractivity contribution in [1.82, 2.24) is 0 Å². The summed E-state index contributed by atoms with van der Waals surface area (Å²) in [5.41, 5.74) is 7.45. The highest BCUT2D eigenvalue weighted by Gasteiger charge is 2.27. The molecular formula is C11H13Br2N. The molecule has 0 bridgehead atoms. The molecule has 0 amide bonds. The van der Waals surface area contributed by atoms with Gasteiger partial charge in [0.2, 0.25) is 0 Å². The van der Waals surface area contributed by atoms with Crippen LogP contribution >= 0.6 is 31.9 Å². The average Bonchev–Trinajstić information content (AvgIpc) is 2.57. The number of halogens is 2. The molecule has 2 N–H and O–H groups in total. The molecule has 1 nitrogen and oxygen atoms in total. The van der Waals surface area contributed by atoms with Crippen molar-refractivity contribution >= 4 is 31.9 Å². The van der Waals surface area contributed by atoms with Crippen LogP contribution in [0.2, 0.25) is 0 Å². The molecule has 0 spiro atoms. The number of hydrogen-bond donors (Lipinski definition) is 1. The van der Waals surface area contributed by atoms with Gasteiger partial charge in [0.15, 0.2) is 0 Å². The van der Waals surface area contributed by atoms with Gasteiger partial charge in [-0.2, -0.15) is 0 Å². The number of nitrogens with two attached hydrogens (primary N) is 1. The van der Waals surface area contributed by atoms with Crippen molar-refractivity contribution in [2.45, 2.75) is 31.2 Å². The first-order valence-electron chi connectivity index (χ1n) is 4.89. The molecule has 14 heavy (non-hydrogen) atoms. The maximum Gasteiger partial charge on any atom is 0.0352 e. The van der Waals surface area contributed by atoms with Gasteiger partial charge in [0, 0.05) is 20.9 Å². The lowest BCUT2D eigenvalue weighted by molar-refractivity contribution is 0.611. The summed E-state index contributed by atoms with van der Waals surface area (Å²) >= 11 is 7.14. The second kappa shape index (κ2) is 4.33. The molecule has 3 heteroatoms. The van der Waals surface area contributed by atoms with Crippen molar-refractivity contribution in [2.24, 2.45) is 5.73 Å². The molecule has 0 saturated heterocycles. The zero-order valence-electron chi connectivity index (χ0n) is 7.84. The maximum atomic E-state index is 6.09. The van der Waals surface area contributed by atoms with Crippen molar-refractivity contribution in [3.63, 3.8) is 0 Å². The summed E-state index contributed by atoms with van der Waals surface area (Å²) in [6, 6.07) is 6.63. The molecule has 0 radical (unpaired) electrons. The molecule has 0 heterocycles. The standard InChI is InChI=1S/C11H13Br2N/c12-9-5-1-4-8(11(9)13)7-3-2-6-10(7)14/h1,4-5,7,10H,2-3,6,14H2. The number of benzene rings is 1. The van der Waals surface area contributed by atoms with Gasteiger partial charge in [-0.15, -0.1) is 0 Å². The second-order valence-electron chi connectivity index (χ2n) is 3.84. The van der Waals surface area contributed by atoms with Gasteiger partial charge in [0.1, 0.15) is 0 Å². The largest absolute Gasteiger partial charge is 0.327 e. The molecule has 2 rings (SSSR count). The summed E-state index contributed by atoms with van der Waals surface area (Å²) in [5, 5.41) is 0. The van der Waals surface area contributed by atoms with E-state index in [0.717, 1.165) is 10.9 Å². The van der Waals surface area contributed by atoms with Gasteiger partial charge in [0.05, 0.1) is 0 Å². The van der Waals surface area contributed by atoms with E-state index in [1.165, 1.54) is 22.9 Å². The highest BCUT2D eigenvalue weighted by molar-refractivity contribution is 9.13. The Morgan fingerprint density at radius 2 is 2.00 bits per heavy atom. The van der Waals surface area contributed by atoms with Crippen LogP contribution in [-0.2, 0) is 0 Å². The van der Waals surface area contributed by atoms with Crippen LogP contribution < -0.4 is 5.73 Å². The third kappa shape index (κ3) is 1.90. The van der Waals surface area contributed by atoms with E-state index in [1.54, 1.807) is 0 Å². The Balaban J connectivity index is 2.36. The molecule has 1 fully saturated rings. The Bertz CT molecular complexity index is 338. The van der Waals surface area contributed by atoms with E-state index in [-0.39, 0.29) is 0 Å². The van der Waals surface area contributed by atoms with Crippen molar-refractivity contribution in [2.75, 3.05) is 0 Å². The van der Waals surface area contributed by atoms with Crippen LogP contribution in [0.3, 0.4) is 0 Å². The smallest absolute Gasteiger partial charge is 0.0352 e. The first-order chi connectivity index (χ1) is 6.70. The minimum absolute atomic E-state index is 0.334. The van der Waals surface area contributed by atoms with Gasteiger partial charge >= 0.3 is 0 Å². The maximum absolute atomic E-state index is 6.09. The zero-order valence-corrected chi connectivity index (χ0v) is 11.0. The Labute approximate surface area is 101 Å². The Morgan fingerprint density at radius 3 is 2.64 bits per heavy atom. The summed E-state index contributed by atoms with van der Waals surface area (Å²) < 4.78 is 2.29. The molecule has 76 valence electrons. The van der Waals surface area contributed by atoms with E-state index in [9.17, 15) is 0 Å². The summed E-state index contributed by atoms with van der Waals surface area (Å²) in [5.74, 6) is 0.530. The van der Waals surface area contributed by atoms with E-state index in [0.29, 0.717) is 12.0 Å². The van der Waals surface area contributed by atoms with Crippen LogP contribution in [0.25, 0.3) is 0 Å². The van der Waals surface area contributed by atoms with Crippen molar-refractivity contribution in [1.29, 1.82) is 0 Å². The molecule has 1 aliphatic rings. The summed E-state index contributed by atoms with van der Waals surface area (Å²) in [6.07, 6.45) is 3.63. The predicted molar refractivity (Wildman–Crippen MR) is 66.4 cm³/mol. The van der Waals surface area contributed by atoms with E-state index in [1.807, 2.05) is 6.07 Å². The van der Waals surface area contributed by atoms with E-state index < -0.39 is 0 Å². The lowest BCUT2D eigenvalue weighted by atomic mass is 9.95. The minimum atomic E-state index is 0.334. The molecule has 1 aliphatic carbocycles. The Kier molecular flexibility index (Phi) is 3.30. The second-order valence-corrected chi connectivity index (χ2v) is 5.49. The molecule has 2 unspecified atom stereocenters. The fourth-order valence-electron chi connectivity index (χ4n) is 2.18. The topological polar surface area (TPSA) is 26.0 Å². The monoisotopic (exact) mass is 317 g/mol. The number of rotatable bonds is 1. The molecule has 0 aromatic heterocycles. The van der Waals surface area contributed by atoms with Crippen molar-refractivity contribution in [3.8, 4) is 0 Å². The third-order valence-corrected chi connectivity index (χ3v) is 5.03. The fourth-order valence-corrected chi connectivity index (χ4v) is 3.12. The van der Waals surface area contributed by atoms with E-state index in [2.05, 4.69) is 44.0 Å². The summed E-state index contributed by atoms with van der Waals surface area (Å²) in [7, 11) is 0. The SMILES string of the molecule is NC1CCCC1c1cccc(Br)c1Br. The molecule has 1 saturated carbocycles. The van der Waals surface area contributed by atoms with Gasteiger partial charge in [-0.05, 0) is 56.3 Å². The quantitative estimate of drug-likeness (QED) is 0.837. The normalized spacial score (nSPS) is 26.8. The first kappa shape index (κ1) is 10.7. The summed E-state index contributed by atoms with van der Waals surface area (Å²) in [4.78, 5) is 0. The van der Waals surface area contributed by atoms with Crippen LogP contribution in [0.1, 0.15) is 30.7 Å². The summed E-state index contributed by atoms with van der Waals surface area (Å²) in [6.45, 7) is 0. The Morgan fingerprint density at radius 1 is 1.21 bits per heavy atom. The van der Waals surface area contributed by atoms with E-state index >= 15 is 0 Å². The van der Waals surface area contributed by atoms with Crippen LogP contribution in [0.5, 0.6) is 0 Å². The van der Waals surface area contributed by atoms with Crippen molar-refractivity contribution < 1.29 is 0 Å². The van der Waals surface area contributed by atoms with Gasteiger partial charge < -0.3 is 5.73 Å². The zero-order chi connectivity index (χ0) is 10.1. The molecule has 0 aliphatic heterocycles. The van der Waals surface area contributed by atoms with Gasteiger partial charge in [-0.3, -0.25) is 0 Å². The minimum Gasteiger partial charge on any atom is -0.327 e. The highest BCUT2D eigenvalue weighted by atomic mass is 79.9. The van der Waals surface area contributed by atoms with Crippen LogP contribution in [0.4, 0.5) is 0 Å². The molecule has 1 aromatic rings. The molecule has 1 aromatic carbocycles. The Hall–Kier alpha value is 0.140. The van der Waals surface area contributed by atoms with Crippen molar-refractivity contribution in [3.05, 3.63) is 32.7 Å². The first-order valence-corrected chi connectivity index (χ1v) is 6.48. The number of hydrogen-bond acceptors (Lipinski definition) is 1.